The SMILES string of the molecule is COc1ccc(S(=O)(=O)N2CCC[C@](COc3ccccc3)(CC(N)=O)C2)cc1. The van der Waals surface area contributed by atoms with Gasteiger partial charge in [0.15, 0.2) is 0 Å². The standard InChI is InChI=1S/C21H26N2O5S/c1-27-17-8-10-19(11-9-17)29(25,26)23-13-5-12-21(15-23,14-20(22)24)16-28-18-6-3-2-4-7-18/h2-4,6-11H,5,12-16H2,1H3,(H2,22,24)/t21-/m0/s1. The number of primary amides is 1. The molecule has 1 amide bonds. The van der Waals surface area contributed by atoms with Crippen molar-refractivity contribution in [2.24, 2.45) is 11.1 Å². The van der Waals surface area contributed by atoms with Crippen molar-refractivity contribution in [1.29, 1.82) is 0 Å². The summed E-state index contributed by atoms with van der Waals surface area (Å²) in [5.74, 6) is 0.791. The summed E-state index contributed by atoms with van der Waals surface area (Å²) < 4.78 is 38.8. The summed E-state index contributed by atoms with van der Waals surface area (Å²) in [7, 11) is -2.18. The second kappa shape index (κ2) is 8.84. The largest absolute Gasteiger partial charge is 0.497 e. The smallest absolute Gasteiger partial charge is 0.243 e. The topological polar surface area (TPSA) is 98.9 Å². The van der Waals surface area contributed by atoms with E-state index in [1.54, 1.807) is 12.1 Å². The van der Waals surface area contributed by atoms with E-state index in [0.717, 1.165) is 0 Å². The third kappa shape index (κ3) is 5.07. The monoisotopic (exact) mass is 418 g/mol. The molecule has 0 spiro atoms. The molecule has 3 rings (SSSR count). The normalized spacial score (nSPS) is 20.2. The van der Waals surface area contributed by atoms with Crippen LogP contribution >= 0.6 is 0 Å². The Hall–Kier alpha value is -2.58. The minimum Gasteiger partial charge on any atom is -0.497 e. The lowest BCUT2D eigenvalue weighted by molar-refractivity contribution is -0.121. The zero-order chi connectivity index (χ0) is 20.9. The fraction of sp³-hybridized carbons (Fsp3) is 0.381. The van der Waals surface area contributed by atoms with Crippen LogP contribution in [0.5, 0.6) is 11.5 Å². The van der Waals surface area contributed by atoms with E-state index < -0.39 is 21.3 Å². The maximum Gasteiger partial charge on any atom is 0.243 e. The molecule has 1 fully saturated rings. The quantitative estimate of drug-likeness (QED) is 0.710. The van der Waals surface area contributed by atoms with Gasteiger partial charge in [-0.15, -0.1) is 0 Å². The van der Waals surface area contributed by atoms with E-state index >= 15 is 0 Å². The number of piperidine rings is 1. The highest BCUT2D eigenvalue weighted by atomic mass is 32.2. The molecule has 0 saturated carbocycles. The highest BCUT2D eigenvalue weighted by molar-refractivity contribution is 7.89. The number of methoxy groups -OCH3 is 1. The van der Waals surface area contributed by atoms with Crippen LogP contribution in [0.2, 0.25) is 0 Å². The summed E-state index contributed by atoms with van der Waals surface area (Å²) in [5, 5.41) is 0. The molecule has 0 radical (unpaired) electrons. The molecule has 156 valence electrons. The van der Waals surface area contributed by atoms with E-state index in [1.165, 1.54) is 23.5 Å². The first-order chi connectivity index (χ1) is 13.8. The van der Waals surface area contributed by atoms with Crippen molar-refractivity contribution in [2.45, 2.75) is 24.2 Å². The highest BCUT2D eigenvalue weighted by Crippen LogP contribution is 2.36. The number of carbonyl (C=O) groups is 1. The van der Waals surface area contributed by atoms with Gasteiger partial charge in [0.1, 0.15) is 11.5 Å². The Balaban J connectivity index is 1.82. The van der Waals surface area contributed by atoms with E-state index in [9.17, 15) is 13.2 Å². The maximum absolute atomic E-state index is 13.2. The van der Waals surface area contributed by atoms with Crippen molar-refractivity contribution in [2.75, 3.05) is 26.8 Å². The van der Waals surface area contributed by atoms with E-state index in [0.29, 0.717) is 30.9 Å². The molecule has 2 aromatic rings. The molecule has 8 heteroatoms. The van der Waals surface area contributed by atoms with Gasteiger partial charge in [-0.1, -0.05) is 18.2 Å². The van der Waals surface area contributed by atoms with Gasteiger partial charge in [-0.05, 0) is 49.2 Å². The molecular weight excluding hydrogens is 392 g/mol. The van der Waals surface area contributed by atoms with Crippen molar-refractivity contribution in [3.8, 4) is 11.5 Å². The Labute approximate surface area is 171 Å². The Morgan fingerprint density at radius 1 is 1.10 bits per heavy atom. The summed E-state index contributed by atoms with van der Waals surface area (Å²) in [6.45, 7) is 0.784. The number of carbonyl (C=O) groups excluding carboxylic acids is 1. The number of nitrogens with two attached hydrogens (primary N) is 1. The van der Waals surface area contributed by atoms with Crippen molar-refractivity contribution in [3.63, 3.8) is 0 Å². The Bertz CT molecular complexity index is 931. The van der Waals surface area contributed by atoms with Crippen LogP contribution in [0.3, 0.4) is 0 Å². The van der Waals surface area contributed by atoms with Gasteiger partial charge in [0.25, 0.3) is 0 Å². The van der Waals surface area contributed by atoms with Gasteiger partial charge >= 0.3 is 0 Å². The minimum atomic E-state index is -3.71. The molecule has 0 bridgehead atoms. The molecule has 1 aliphatic rings. The van der Waals surface area contributed by atoms with Gasteiger partial charge in [-0.3, -0.25) is 4.79 Å². The van der Waals surface area contributed by atoms with Crippen LogP contribution in [0.4, 0.5) is 0 Å². The molecule has 2 N–H and O–H groups in total. The summed E-state index contributed by atoms with van der Waals surface area (Å²) in [4.78, 5) is 12.0. The van der Waals surface area contributed by atoms with Crippen molar-refractivity contribution in [3.05, 3.63) is 54.6 Å². The fourth-order valence-electron chi connectivity index (χ4n) is 3.70. The van der Waals surface area contributed by atoms with E-state index in [1.807, 2.05) is 30.3 Å². The third-order valence-corrected chi connectivity index (χ3v) is 7.02. The van der Waals surface area contributed by atoms with Gasteiger partial charge in [0, 0.05) is 24.9 Å². The van der Waals surface area contributed by atoms with Crippen LogP contribution in [-0.4, -0.2) is 45.4 Å². The van der Waals surface area contributed by atoms with Gasteiger partial charge in [-0.25, -0.2) is 8.42 Å². The average molecular weight is 419 g/mol. The number of amides is 1. The number of hydrogen-bond donors (Lipinski definition) is 1. The number of nitrogens with zero attached hydrogens (tertiary/aromatic N) is 1. The number of rotatable bonds is 8. The number of sulfonamides is 1. The molecule has 1 aliphatic heterocycles. The predicted molar refractivity (Wildman–Crippen MR) is 109 cm³/mol. The van der Waals surface area contributed by atoms with E-state index in [2.05, 4.69) is 0 Å². The second-order valence-electron chi connectivity index (χ2n) is 7.36. The maximum atomic E-state index is 13.2. The lowest BCUT2D eigenvalue weighted by atomic mass is 9.78. The highest BCUT2D eigenvalue weighted by Gasteiger charge is 2.42. The zero-order valence-electron chi connectivity index (χ0n) is 16.4. The summed E-state index contributed by atoms with van der Waals surface area (Å²) in [6.07, 6.45) is 1.35. The molecule has 0 aromatic heterocycles. The van der Waals surface area contributed by atoms with Crippen LogP contribution in [0.25, 0.3) is 0 Å². The lowest BCUT2D eigenvalue weighted by Crippen LogP contribution is -2.50. The molecule has 1 heterocycles. The van der Waals surface area contributed by atoms with E-state index in [-0.39, 0.29) is 24.5 Å². The van der Waals surface area contributed by atoms with Crippen molar-refractivity contribution >= 4 is 15.9 Å². The van der Waals surface area contributed by atoms with Crippen molar-refractivity contribution in [1.82, 2.24) is 4.31 Å². The number of ether oxygens (including phenoxy) is 2. The molecule has 1 atom stereocenters. The van der Waals surface area contributed by atoms with Crippen LogP contribution in [0.15, 0.2) is 59.5 Å². The van der Waals surface area contributed by atoms with Crippen molar-refractivity contribution < 1.29 is 22.7 Å². The lowest BCUT2D eigenvalue weighted by Gasteiger charge is -2.41. The molecule has 0 unspecified atom stereocenters. The van der Waals surface area contributed by atoms with Gasteiger partial charge in [0.05, 0.1) is 18.6 Å². The first-order valence-corrected chi connectivity index (χ1v) is 10.9. The molecule has 29 heavy (non-hydrogen) atoms. The van der Waals surface area contributed by atoms with Crippen LogP contribution < -0.4 is 15.2 Å². The van der Waals surface area contributed by atoms with Crippen LogP contribution in [-0.2, 0) is 14.8 Å². The Morgan fingerprint density at radius 2 is 1.79 bits per heavy atom. The molecule has 1 saturated heterocycles. The fourth-order valence-corrected chi connectivity index (χ4v) is 5.29. The summed E-state index contributed by atoms with van der Waals surface area (Å²) in [6, 6.07) is 15.5. The second-order valence-corrected chi connectivity index (χ2v) is 9.30. The first kappa shape index (κ1) is 21.1. The zero-order valence-corrected chi connectivity index (χ0v) is 17.2. The molecule has 7 nitrogen and oxygen atoms in total. The van der Waals surface area contributed by atoms with E-state index in [4.69, 9.17) is 15.2 Å². The molecule has 0 aliphatic carbocycles. The van der Waals surface area contributed by atoms with Gasteiger partial charge in [-0.2, -0.15) is 4.31 Å². The molecular formula is C21H26N2O5S. The minimum absolute atomic E-state index is 0.0640. The van der Waals surface area contributed by atoms with Crippen LogP contribution in [0, 0.1) is 5.41 Å². The predicted octanol–water partition coefficient (Wildman–Crippen LogP) is 2.42. The van der Waals surface area contributed by atoms with Gasteiger partial charge in [0.2, 0.25) is 15.9 Å². The summed E-state index contributed by atoms with van der Waals surface area (Å²) in [5.41, 5.74) is 4.83. The Kier molecular flexibility index (Phi) is 6.44. The third-order valence-electron chi connectivity index (χ3n) is 5.16. The molecule has 2 aromatic carbocycles. The summed E-state index contributed by atoms with van der Waals surface area (Å²) >= 11 is 0. The Morgan fingerprint density at radius 3 is 2.41 bits per heavy atom. The van der Waals surface area contributed by atoms with Crippen LogP contribution in [0.1, 0.15) is 19.3 Å². The number of hydrogen-bond acceptors (Lipinski definition) is 5. The number of benzene rings is 2. The first-order valence-electron chi connectivity index (χ1n) is 9.45. The van der Waals surface area contributed by atoms with Gasteiger partial charge < -0.3 is 15.2 Å². The average Bonchev–Trinajstić information content (AvgIpc) is 2.73. The number of para-hydroxylation sites is 1.